The molecule has 1 aromatic heterocycles. The summed E-state index contributed by atoms with van der Waals surface area (Å²) in [5.74, 6) is -0.752. The van der Waals surface area contributed by atoms with Gasteiger partial charge in [0.1, 0.15) is 11.5 Å². The zero-order valence-electron chi connectivity index (χ0n) is 15.5. The molecule has 0 saturated heterocycles. The van der Waals surface area contributed by atoms with Gasteiger partial charge in [-0.3, -0.25) is 10.0 Å². The summed E-state index contributed by atoms with van der Waals surface area (Å²) in [5, 5.41) is 8.80. The number of hydroxylamine groups is 1. The van der Waals surface area contributed by atoms with Crippen molar-refractivity contribution in [3.05, 3.63) is 47.5 Å². The highest BCUT2D eigenvalue weighted by molar-refractivity contribution is 7.89. The van der Waals surface area contributed by atoms with Crippen LogP contribution in [0.2, 0.25) is 0 Å². The molecule has 1 aromatic carbocycles. The van der Waals surface area contributed by atoms with Crippen LogP contribution in [0.25, 0.3) is 0 Å². The maximum Gasteiger partial charge on any atom is 0.416 e. The van der Waals surface area contributed by atoms with Crippen molar-refractivity contribution in [2.75, 3.05) is 6.54 Å². The first-order valence-electron chi connectivity index (χ1n) is 8.67. The smallest absolute Gasteiger partial charge is 0.331 e. The highest BCUT2D eigenvalue weighted by Crippen LogP contribution is 2.36. The molecule has 29 heavy (non-hydrogen) atoms. The number of hydrogen-bond donors (Lipinski definition) is 2. The van der Waals surface area contributed by atoms with Gasteiger partial charge in [-0.15, -0.1) is 0 Å². The number of halogens is 3. The largest absolute Gasteiger partial charge is 0.416 e. The van der Waals surface area contributed by atoms with Crippen molar-refractivity contribution in [1.29, 1.82) is 0 Å². The lowest BCUT2D eigenvalue weighted by Gasteiger charge is -2.37. The second-order valence-electron chi connectivity index (χ2n) is 6.95. The van der Waals surface area contributed by atoms with E-state index in [1.165, 1.54) is 16.0 Å². The highest BCUT2D eigenvalue weighted by Gasteiger charge is 2.40. The predicted octanol–water partition coefficient (Wildman–Crippen LogP) is 2.42. The first-order valence-corrected chi connectivity index (χ1v) is 10.1. The monoisotopic (exact) mass is 432 g/mol. The van der Waals surface area contributed by atoms with Gasteiger partial charge < -0.3 is 4.57 Å². The Hall–Kier alpha value is -2.44. The molecule has 158 valence electrons. The van der Waals surface area contributed by atoms with Crippen LogP contribution in [0, 0.1) is 5.92 Å². The standard InChI is InChI=1S/C17H19F3N4O4S/c1-10(2)14-15-21-13(16(25)22-26)9-23(15)7-8-24(14)29(27,28)12-5-3-11(4-6-12)17(18,19)20/h3-6,9-10,14,26H,7-8H2,1-2H3,(H,22,25). The van der Waals surface area contributed by atoms with Crippen LogP contribution in [0.1, 0.15) is 41.8 Å². The summed E-state index contributed by atoms with van der Waals surface area (Å²) in [6.45, 7) is 3.80. The molecule has 1 aliphatic heterocycles. The molecule has 2 heterocycles. The van der Waals surface area contributed by atoms with Crippen molar-refractivity contribution in [3.63, 3.8) is 0 Å². The van der Waals surface area contributed by atoms with Crippen LogP contribution in [0.4, 0.5) is 13.2 Å². The van der Waals surface area contributed by atoms with Gasteiger partial charge in [0, 0.05) is 19.3 Å². The molecule has 0 spiro atoms. The Labute approximate surface area is 165 Å². The maximum absolute atomic E-state index is 13.2. The molecular formula is C17H19F3N4O4S. The van der Waals surface area contributed by atoms with E-state index < -0.39 is 33.7 Å². The third kappa shape index (κ3) is 3.87. The number of carbonyl (C=O) groups is 1. The Morgan fingerprint density at radius 2 is 1.86 bits per heavy atom. The number of imidazole rings is 1. The van der Waals surface area contributed by atoms with Crippen LogP contribution in [0.3, 0.4) is 0 Å². The molecule has 0 saturated carbocycles. The molecule has 1 amide bonds. The van der Waals surface area contributed by atoms with E-state index in [-0.39, 0.29) is 29.6 Å². The number of hydrogen-bond acceptors (Lipinski definition) is 5. The molecular weight excluding hydrogens is 413 g/mol. The number of nitrogens with one attached hydrogen (secondary N) is 1. The number of benzene rings is 1. The number of rotatable bonds is 4. The first kappa shape index (κ1) is 21.3. The summed E-state index contributed by atoms with van der Waals surface area (Å²) in [5.41, 5.74) is 0.474. The summed E-state index contributed by atoms with van der Waals surface area (Å²) in [4.78, 5) is 15.6. The van der Waals surface area contributed by atoms with Crippen LogP contribution in [0.15, 0.2) is 35.4 Å². The van der Waals surface area contributed by atoms with Gasteiger partial charge in [0.05, 0.1) is 16.5 Å². The van der Waals surface area contributed by atoms with Crippen LogP contribution in [-0.2, 0) is 22.7 Å². The lowest BCUT2D eigenvalue weighted by atomic mass is 10.0. The third-order valence-corrected chi connectivity index (χ3v) is 6.59. The minimum Gasteiger partial charge on any atom is -0.331 e. The van der Waals surface area contributed by atoms with E-state index in [1.54, 1.807) is 18.4 Å². The molecule has 0 aliphatic carbocycles. The lowest BCUT2D eigenvalue weighted by molar-refractivity contribution is -0.137. The highest BCUT2D eigenvalue weighted by atomic mass is 32.2. The van der Waals surface area contributed by atoms with Crippen LogP contribution >= 0.6 is 0 Å². The number of nitrogens with zero attached hydrogens (tertiary/aromatic N) is 3. The average molecular weight is 432 g/mol. The van der Waals surface area contributed by atoms with Crippen molar-refractivity contribution in [2.45, 2.75) is 37.5 Å². The second kappa shape index (κ2) is 7.43. The number of sulfonamides is 1. The normalized spacial score (nSPS) is 18.0. The van der Waals surface area contributed by atoms with Crippen molar-refractivity contribution in [2.24, 2.45) is 5.92 Å². The Kier molecular flexibility index (Phi) is 5.45. The molecule has 12 heteroatoms. The fourth-order valence-corrected chi connectivity index (χ4v) is 5.05. The zero-order valence-corrected chi connectivity index (χ0v) is 16.3. The molecule has 0 fully saturated rings. The van der Waals surface area contributed by atoms with E-state index in [2.05, 4.69) is 4.98 Å². The van der Waals surface area contributed by atoms with E-state index in [4.69, 9.17) is 5.21 Å². The molecule has 8 nitrogen and oxygen atoms in total. The van der Waals surface area contributed by atoms with E-state index in [9.17, 15) is 26.4 Å². The fourth-order valence-electron chi connectivity index (χ4n) is 3.34. The number of alkyl halides is 3. The molecule has 1 atom stereocenters. The van der Waals surface area contributed by atoms with Crippen LogP contribution in [0.5, 0.6) is 0 Å². The van der Waals surface area contributed by atoms with Crippen molar-refractivity contribution in [1.82, 2.24) is 19.3 Å². The Morgan fingerprint density at radius 3 is 2.38 bits per heavy atom. The van der Waals surface area contributed by atoms with E-state index in [1.807, 2.05) is 0 Å². The van der Waals surface area contributed by atoms with E-state index in [0.29, 0.717) is 5.82 Å². The van der Waals surface area contributed by atoms with Crippen LogP contribution in [-0.4, -0.2) is 39.9 Å². The molecule has 1 aliphatic rings. The summed E-state index contributed by atoms with van der Waals surface area (Å²) >= 11 is 0. The van der Waals surface area contributed by atoms with Gasteiger partial charge in [0.2, 0.25) is 10.0 Å². The minimum atomic E-state index is -4.57. The molecule has 2 aromatic rings. The third-order valence-electron chi connectivity index (χ3n) is 4.70. The summed E-state index contributed by atoms with van der Waals surface area (Å²) in [6.07, 6.45) is -3.15. The quantitative estimate of drug-likeness (QED) is 0.570. The number of carbonyl (C=O) groups excluding carboxylic acids is 1. The predicted molar refractivity (Wildman–Crippen MR) is 94.4 cm³/mol. The van der Waals surface area contributed by atoms with Gasteiger partial charge in [-0.25, -0.2) is 18.9 Å². The summed E-state index contributed by atoms with van der Waals surface area (Å²) in [7, 11) is -4.12. The minimum absolute atomic E-state index is 0.0513. The Morgan fingerprint density at radius 1 is 1.24 bits per heavy atom. The van der Waals surface area contributed by atoms with Crippen molar-refractivity contribution < 1.29 is 31.6 Å². The van der Waals surface area contributed by atoms with Gasteiger partial charge in [0.25, 0.3) is 5.91 Å². The molecule has 3 rings (SSSR count). The fraction of sp³-hybridized carbons (Fsp3) is 0.412. The second-order valence-corrected chi connectivity index (χ2v) is 8.84. The lowest BCUT2D eigenvalue weighted by Crippen LogP contribution is -2.44. The zero-order chi connectivity index (χ0) is 21.6. The maximum atomic E-state index is 13.2. The van der Waals surface area contributed by atoms with E-state index >= 15 is 0 Å². The van der Waals surface area contributed by atoms with E-state index in [0.717, 1.165) is 24.3 Å². The topological polar surface area (TPSA) is 105 Å². The molecule has 0 radical (unpaired) electrons. The summed E-state index contributed by atoms with van der Waals surface area (Å²) in [6, 6.07) is 2.58. The van der Waals surface area contributed by atoms with Gasteiger partial charge >= 0.3 is 6.18 Å². The van der Waals surface area contributed by atoms with Gasteiger partial charge in [0.15, 0.2) is 0 Å². The first-order chi connectivity index (χ1) is 13.5. The Bertz CT molecular complexity index is 1020. The van der Waals surface area contributed by atoms with Gasteiger partial charge in [-0.1, -0.05) is 13.8 Å². The molecule has 1 unspecified atom stereocenters. The number of amides is 1. The van der Waals surface area contributed by atoms with Gasteiger partial charge in [-0.2, -0.15) is 17.5 Å². The molecule has 0 bridgehead atoms. The average Bonchev–Trinajstić information content (AvgIpc) is 3.10. The Balaban J connectivity index is 2.01. The SMILES string of the molecule is CC(C)C1c2nc(C(=O)NO)cn2CCN1S(=O)(=O)c1ccc(C(F)(F)F)cc1. The van der Waals surface area contributed by atoms with Crippen LogP contribution < -0.4 is 5.48 Å². The van der Waals surface area contributed by atoms with Crippen molar-refractivity contribution in [3.8, 4) is 0 Å². The number of fused-ring (bicyclic) bond motifs is 1. The molecule has 2 N–H and O–H groups in total. The van der Waals surface area contributed by atoms with Gasteiger partial charge in [-0.05, 0) is 30.2 Å². The number of aromatic nitrogens is 2. The summed E-state index contributed by atoms with van der Waals surface area (Å²) < 4.78 is 67.5. The van der Waals surface area contributed by atoms with Crippen molar-refractivity contribution >= 4 is 15.9 Å².